The van der Waals surface area contributed by atoms with E-state index in [1.807, 2.05) is 18.2 Å². The topological polar surface area (TPSA) is 49.7 Å². The van der Waals surface area contributed by atoms with Crippen LogP contribution in [0.2, 0.25) is 0 Å². The molecule has 15 heavy (non-hydrogen) atoms. The fraction of sp³-hybridized carbons (Fsp3) is 0.500. The number of fused-ring (bicyclic) bond motifs is 1. The molecule has 1 aliphatic carbocycles. The van der Waals surface area contributed by atoms with Gasteiger partial charge in [-0.25, -0.2) is 0 Å². The Labute approximate surface area is 89.3 Å². The molecule has 3 heteroatoms. The number of hydrogen-bond donors (Lipinski definition) is 2. The van der Waals surface area contributed by atoms with Gasteiger partial charge in [-0.2, -0.15) is 0 Å². The maximum absolute atomic E-state index is 9.97. The van der Waals surface area contributed by atoms with Gasteiger partial charge in [0.05, 0.1) is 19.3 Å². The van der Waals surface area contributed by atoms with Gasteiger partial charge in [0, 0.05) is 5.92 Å². The van der Waals surface area contributed by atoms with Gasteiger partial charge in [-0.15, -0.1) is 0 Å². The van der Waals surface area contributed by atoms with Crippen LogP contribution in [0.4, 0.5) is 0 Å². The molecule has 0 saturated carbocycles. The van der Waals surface area contributed by atoms with Crippen LogP contribution >= 0.6 is 0 Å². The summed E-state index contributed by atoms with van der Waals surface area (Å²) < 4.78 is 5.13. The van der Waals surface area contributed by atoms with Gasteiger partial charge in [-0.05, 0) is 36.6 Å². The highest BCUT2D eigenvalue weighted by atomic mass is 16.5. The third-order valence-corrected chi connectivity index (χ3v) is 3.15. The summed E-state index contributed by atoms with van der Waals surface area (Å²) in [4.78, 5) is 0. The van der Waals surface area contributed by atoms with Gasteiger partial charge in [-0.1, -0.05) is 6.07 Å². The molecule has 0 fully saturated rings. The van der Waals surface area contributed by atoms with E-state index in [0.717, 1.165) is 16.9 Å². The van der Waals surface area contributed by atoms with Crippen molar-refractivity contribution in [2.24, 2.45) is 5.92 Å². The summed E-state index contributed by atoms with van der Waals surface area (Å²) in [6, 6.07) is 5.65. The number of aliphatic hydroxyl groups is 2. The summed E-state index contributed by atoms with van der Waals surface area (Å²) >= 11 is 0. The van der Waals surface area contributed by atoms with Crippen molar-refractivity contribution in [2.45, 2.75) is 25.6 Å². The van der Waals surface area contributed by atoms with Crippen molar-refractivity contribution >= 4 is 0 Å². The van der Waals surface area contributed by atoms with Crippen molar-refractivity contribution in [2.75, 3.05) is 7.11 Å². The Morgan fingerprint density at radius 2 is 2.20 bits per heavy atom. The normalized spacial score (nSPS) is 26.1. The molecule has 1 aliphatic rings. The van der Waals surface area contributed by atoms with E-state index in [1.54, 1.807) is 14.0 Å². The highest BCUT2D eigenvalue weighted by molar-refractivity contribution is 5.40. The summed E-state index contributed by atoms with van der Waals surface area (Å²) in [5, 5.41) is 19.5. The first-order chi connectivity index (χ1) is 7.13. The second kappa shape index (κ2) is 3.83. The molecule has 2 rings (SSSR count). The Morgan fingerprint density at radius 3 is 2.80 bits per heavy atom. The maximum atomic E-state index is 9.97. The molecular weight excluding hydrogens is 192 g/mol. The molecule has 0 spiro atoms. The average molecular weight is 208 g/mol. The quantitative estimate of drug-likeness (QED) is 0.769. The van der Waals surface area contributed by atoms with Crippen LogP contribution < -0.4 is 4.74 Å². The van der Waals surface area contributed by atoms with Crippen LogP contribution in [0.25, 0.3) is 0 Å². The van der Waals surface area contributed by atoms with Gasteiger partial charge in [0.1, 0.15) is 5.75 Å². The van der Waals surface area contributed by atoms with Crippen molar-refractivity contribution in [3.05, 3.63) is 29.3 Å². The van der Waals surface area contributed by atoms with E-state index < -0.39 is 12.2 Å². The van der Waals surface area contributed by atoms with Gasteiger partial charge in [0.2, 0.25) is 0 Å². The monoisotopic (exact) mass is 208 g/mol. The second-order valence-electron chi connectivity index (χ2n) is 4.12. The average Bonchev–Trinajstić information content (AvgIpc) is 2.55. The van der Waals surface area contributed by atoms with Crippen LogP contribution in [0.3, 0.4) is 0 Å². The summed E-state index contributed by atoms with van der Waals surface area (Å²) in [6.45, 7) is 1.72. The van der Waals surface area contributed by atoms with Gasteiger partial charge in [0.25, 0.3) is 0 Å². The predicted octanol–water partition coefficient (Wildman–Crippen LogP) is 1.28. The minimum absolute atomic E-state index is 0.0906. The smallest absolute Gasteiger partial charge is 0.119 e. The number of rotatable bonds is 2. The lowest BCUT2D eigenvalue weighted by Crippen LogP contribution is -2.20. The third-order valence-electron chi connectivity index (χ3n) is 3.15. The van der Waals surface area contributed by atoms with E-state index in [-0.39, 0.29) is 5.92 Å². The number of hydrogen-bond acceptors (Lipinski definition) is 3. The van der Waals surface area contributed by atoms with E-state index in [9.17, 15) is 10.2 Å². The molecular formula is C12H16O3. The molecule has 0 aliphatic heterocycles. The van der Waals surface area contributed by atoms with Crippen molar-refractivity contribution in [3.8, 4) is 5.75 Å². The molecule has 1 aromatic carbocycles. The first-order valence-corrected chi connectivity index (χ1v) is 5.16. The second-order valence-corrected chi connectivity index (χ2v) is 4.12. The van der Waals surface area contributed by atoms with Crippen molar-refractivity contribution in [3.63, 3.8) is 0 Å². The predicted molar refractivity (Wildman–Crippen MR) is 56.8 cm³/mol. The van der Waals surface area contributed by atoms with Crippen LogP contribution in [0.15, 0.2) is 18.2 Å². The Balaban J connectivity index is 2.32. The lowest BCUT2D eigenvalue weighted by atomic mass is 9.98. The van der Waals surface area contributed by atoms with E-state index in [0.29, 0.717) is 6.42 Å². The van der Waals surface area contributed by atoms with Crippen molar-refractivity contribution in [1.29, 1.82) is 0 Å². The van der Waals surface area contributed by atoms with Crippen LogP contribution in [-0.4, -0.2) is 23.4 Å². The zero-order valence-electron chi connectivity index (χ0n) is 8.97. The lowest BCUT2D eigenvalue weighted by molar-refractivity contribution is 0.0325. The zero-order chi connectivity index (χ0) is 11.0. The molecule has 0 saturated heterocycles. The number of benzene rings is 1. The molecule has 0 bridgehead atoms. The number of aliphatic hydroxyl groups excluding tert-OH is 2. The lowest BCUT2D eigenvalue weighted by Gasteiger charge is -2.17. The molecule has 3 unspecified atom stereocenters. The van der Waals surface area contributed by atoms with Crippen LogP contribution in [0.1, 0.15) is 24.2 Å². The summed E-state index contributed by atoms with van der Waals surface area (Å²) in [6.07, 6.45) is -0.324. The zero-order valence-corrected chi connectivity index (χ0v) is 8.97. The molecule has 0 heterocycles. The largest absolute Gasteiger partial charge is 0.497 e. The molecule has 1 aromatic rings. The van der Waals surface area contributed by atoms with Crippen LogP contribution in [0, 0.1) is 5.92 Å². The van der Waals surface area contributed by atoms with E-state index >= 15 is 0 Å². The highest BCUT2D eigenvalue weighted by Crippen LogP contribution is 2.39. The fourth-order valence-corrected chi connectivity index (χ4v) is 2.20. The SMILES string of the molecule is COc1ccc2c(c1)CC(C(C)O)C2O. The molecule has 0 radical (unpaired) electrons. The van der Waals surface area contributed by atoms with Gasteiger partial charge < -0.3 is 14.9 Å². The van der Waals surface area contributed by atoms with E-state index in [2.05, 4.69) is 0 Å². The summed E-state index contributed by atoms with van der Waals surface area (Å²) in [7, 11) is 1.62. The standard InChI is InChI=1S/C12H16O3/c1-7(13)11-6-8-5-9(15-2)3-4-10(8)12(11)14/h3-5,7,11-14H,6H2,1-2H3. The Kier molecular flexibility index (Phi) is 2.67. The maximum Gasteiger partial charge on any atom is 0.119 e. The van der Waals surface area contributed by atoms with Gasteiger partial charge >= 0.3 is 0 Å². The Hall–Kier alpha value is -1.06. The summed E-state index contributed by atoms with van der Waals surface area (Å²) in [5.74, 6) is 0.708. The highest BCUT2D eigenvalue weighted by Gasteiger charge is 2.33. The first-order valence-electron chi connectivity index (χ1n) is 5.16. The summed E-state index contributed by atoms with van der Waals surface area (Å²) in [5.41, 5.74) is 1.99. The van der Waals surface area contributed by atoms with Gasteiger partial charge in [0.15, 0.2) is 0 Å². The third kappa shape index (κ3) is 1.73. The Bertz CT molecular complexity index is 360. The molecule has 2 N–H and O–H groups in total. The number of methoxy groups -OCH3 is 1. The first kappa shape index (κ1) is 10.5. The van der Waals surface area contributed by atoms with Crippen molar-refractivity contribution < 1.29 is 14.9 Å². The van der Waals surface area contributed by atoms with Crippen LogP contribution in [0.5, 0.6) is 5.75 Å². The molecule has 0 aromatic heterocycles. The van der Waals surface area contributed by atoms with E-state index in [4.69, 9.17) is 4.74 Å². The van der Waals surface area contributed by atoms with Crippen LogP contribution in [-0.2, 0) is 6.42 Å². The molecule has 0 amide bonds. The van der Waals surface area contributed by atoms with E-state index in [1.165, 1.54) is 0 Å². The minimum atomic E-state index is -0.550. The van der Waals surface area contributed by atoms with Crippen molar-refractivity contribution in [1.82, 2.24) is 0 Å². The Morgan fingerprint density at radius 1 is 1.47 bits per heavy atom. The fourth-order valence-electron chi connectivity index (χ4n) is 2.20. The van der Waals surface area contributed by atoms with Gasteiger partial charge in [-0.3, -0.25) is 0 Å². The number of ether oxygens (including phenoxy) is 1. The minimum Gasteiger partial charge on any atom is -0.497 e. The molecule has 82 valence electrons. The molecule has 3 atom stereocenters. The molecule has 3 nitrogen and oxygen atoms in total.